The molecule has 0 radical (unpaired) electrons. The Labute approximate surface area is 233 Å². The maximum atomic E-state index is 13.2. The summed E-state index contributed by atoms with van der Waals surface area (Å²) in [7, 11) is 0. The average Bonchev–Trinajstić information content (AvgIpc) is 3.44. The van der Waals surface area contributed by atoms with Gasteiger partial charge in [-0.2, -0.15) is 0 Å². The Morgan fingerprint density at radius 1 is 0.875 bits per heavy atom. The van der Waals surface area contributed by atoms with Gasteiger partial charge in [0.15, 0.2) is 0 Å². The zero-order valence-electron chi connectivity index (χ0n) is 22.3. The second kappa shape index (κ2) is 12.5. The number of hydrogen-bond acceptors (Lipinski definition) is 3. The van der Waals surface area contributed by atoms with Crippen LogP contribution in [0.4, 0.5) is 10.5 Å². The Balaban J connectivity index is 1.35. The fraction of sp³-hybridized carbons (Fsp3) is 0.281. The van der Waals surface area contributed by atoms with Crippen molar-refractivity contribution in [1.29, 1.82) is 0 Å². The molecule has 1 atom stereocenters. The van der Waals surface area contributed by atoms with Gasteiger partial charge in [0.1, 0.15) is 0 Å². The number of aromatic amines is 1. The van der Waals surface area contributed by atoms with Gasteiger partial charge in [-0.25, -0.2) is 4.79 Å². The van der Waals surface area contributed by atoms with Crippen molar-refractivity contribution in [2.75, 3.05) is 11.9 Å². The number of hydrogen-bond donors (Lipinski definition) is 5. The number of amides is 3. The molecule has 1 aromatic heterocycles. The van der Waals surface area contributed by atoms with Gasteiger partial charge in [-0.15, -0.1) is 0 Å². The van der Waals surface area contributed by atoms with E-state index in [1.165, 1.54) is 37.7 Å². The van der Waals surface area contributed by atoms with E-state index in [1.807, 2.05) is 42.6 Å². The van der Waals surface area contributed by atoms with Gasteiger partial charge in [0.2, 0.25) is 0 Å². The van der Waals surface area contributed by atoms with Gasteiger partial charge in [-0.05, 0) is 71.8 Å². The molecule has 1 aliphatic rings. The number of anilines is 1. The number of urea groups is 1. The van der Waals surface area contributed by atoms with Crippen LogP contribution < -0.4 is 16.0 Å². The lowest BCUT2D eigenvalue weighted by atomic mass is 9.83. The van der Waals surface area contributed by atoms with Crippen molar-refractivity contribution in [1.82, 2.24) is 15.6 Å². The number of benzene rings is 3. The van der Waals surface area contributed by atoms with Crippen LogP contribution in [0.1, 0.15) is 77.5 Å². The van der Waals surface area contributed by atoms with Crippen LogP contribution in [-0.4, -0.2) is 34.5 Å². The smallest absolute Gasteiger partial charge is 0.319 e. The quantitative estimate of drug-likeness (QED) is 0.171. The van der Waals surface area contributed by atoms with Crippen molar-refractivity contribution in [2.45, 2.75) is 50.5 Å². The molecule has 0 spiro atoms. The van der Waals surface area contributed by atoms with E-state index in [0.29, 0.717) is 17.2 Å². The number of H-pyrrole nitrogens is 1. The zero-order valence-corrected chi connectivity index (χ0v) is 22.3. The van der Waals surface area contributed by atoms with Crippen LogP contribution in [0.25, 0.3) is 10.9 Å². The second-order valence-electron chi connectivity index (χ2n) is 10.3. The molecule has 1 unspecified atom stereocenters. The number of rotatable bonds is 9. The normalized spacial score (nSPS) is 14.4. The number of carboxylic acids is 1. The van der Waals surface area contributed by atoms with E-state index in [1.54, 1.807) is 12.1 Å². The fourth-order valence-corrected chi connectivity index (χ4v) is 5.40. The van der Waals surface area contributed by atoms with Crippen molar-refractivity contribution < 1.29 is 19.5 Å². The lowest BCUT2D eigenvalue weighted by Crippen LogP contribution is -2.33. The Hall–Kier alpha value is -4.59. The van der Waals surface area contributed by atoms with Gasteiger partial charge < -0.3 is 26.0 Å². The molecule has 1 fully saturated rings. The van der Waals surface area contributed by atoms with E-state index >= 15 is 0 Å². The third-order valence-corrected chi connectivity index (χ3v) is 7.56. The third-order valence-electron chi connectivity index (χ3n) is 7.56. The molecule has 0 aliphatic heterocycles. The van der Waals surface area contributed by atoms with Crippen LogP contribution in [0.3, 0.4) is 0 Å². The first-order valence-electron chi connectivity index (χ1n) is 13.8. The Morgan fingerprint density at radius 2 is 1.57 bits per heavy atom. The van der Waals surface area contributed by atoms with Crippen molar-refractivity contribution in [3.63, 3.8) is 0 Å². The summed E-state index contributed by atoms with van der Waals surface area (Å²) in [5.41, 5.74) is 5.20. The highest BCUT2D eigenvalue weighted by Crippen LogP contribution is 2.33. The van der Waals surface area contributed by atoms with Gasteiger partial charge in [-0.3, -0.25) is 9.59 Å². The predicted octanol–water partition coefficient (Wildman–Crippen LogP) is 6.33. The highest BCUT2D eigenvalue weighted by atomic mass is 16.4. The number of aliphatic carboxylic acids is 1. The maximum absolute atomic E-state index is 13.2. The van der Waals surface area contributed by atoms with Crippen molar-refractivity contribution >= 4 is 34.5 Å². The van der Waals surface area contributed by atoms with Crippen molar-refractivity contribution in [3.05, 3.63) is 101 Å². The summed E-state index contributed by atoms with van der Waals surface area (Å²) in [5, 5.41) is 18.5. The summed E-state index contributed by atoms with van der Waals surface area (Å²) in [6, 6.07) is 22.4. The number of carbonyl (C=O) groups excluding carboxylic acids is 2. The molecule has 8 nitrogen and oxygen atoms in total. The van der Waals surface area contributed by atoms with Gasteiger partial charge >= 0.3 is 12.0 Å². The largest absolute Gasteiger partial charge is 0.481 e. The SMILES string of the molecule is O=C(O)CCNC(=O)c1ccc(C(NC(=O)Nc2ccc3[nH]ccc3c2)c2ccc(C3CCCCC3)cc2)cc1. The van der Waals surface area contributed by atoms with Crippen LogP contribution in [-0.2, 0) is 4.79 Å². The first kappa shape index (κ1) is 27.0. The lowest BCUT2D eigenvalue weighted by Gasteiger charge is -2.24. The van der Waals surface area contributed by atoms with Gasteiger partial charge in [-0.1, -0.05) is 55.7 Å². The van der Waals surface area contributed by atoms with Crippen LogP contribution >= 0.6 is 0 Å². The maximum Gasteiger partial charge on any atom is 0.319 e. The molecule has 40 heavy (non-hydrogen) atoms. The number of carbonyl (C=O) groups is 3. The molecule has 1 saturated carbocycles. The van der Waals surface area contributed by atoms with Gasteiger partial charge in [0.25, 0.3) is 5.91 Å². The number of carboxylic acid groups (broad SMARTS) is 1. The molecule has 5 rings (SSSR count). The van der Waals surface area contributed by atoms with Gasteiger partial charge in [0, 0.05) is 34.9 Å². The third kappa shape index (κ3) is 6.69. The van der Waals surface area contributed by atoms with E-state index in [0.717, 1.165) is 22.0 Å². The first-order valence-corrected chi connectivity index (χ1v) is 13.8. The highest BCUT2D eigenvalue weighted by molar-refractivity contribution is 5.95. The highest BCUT2D eigenvalue weighted by Gasteiger charge is 2.20. The molecule has 5 N–H and O–H groups in total. The molecule has 0 saturated heterocycles. The summed E-state index contributed by atoms with van der Waals surface area (Å²) >= 11 is 0. The summed E-state index contributed by atoms with van der Waals surface area (Å²) in [6.45, 7) is 0.0577. The van der Waals surface area contributed by atoms with E-state index < -0.39 is 12.0 Å². The monoisotopic (exact) mass is 538 g/mol. The summed E-state index contributed by atoms with van der Waals surface area (Å²) in [5.74, 6) is -0.725. The fourth-order valence-electron chi connectivity index (χ4n) is 5.40. The zero-order chi connectivity index (χ0) is 27.9. The van der Waals surface area contributed by atoms with Crippen LogP contribution in [0.2, 0.25) is 0 Å². The topological polar surface area (TPSA) is 123 Å². The molecular formula is C32H34N4O4. The van der Waals surface area contributed by atoms with Gasteiger partial charge in [0.05, 0.1) is 12.5 Å². The molecule has 0 bridgehead atoms. The molecule has 206 valence electrons. The minimum Gasteiger partial charge on any atom is -0.481 e. The average molecular weight is 539 g/mol. The van der Waals surface area contributed by atoms with Crippen LogP contribution in [0, 0.1) is 0 Å². The molecule has 1 aliphatic carbocycles. The lowest BCUT2D eigenvalue weighted by molar-refractivity contribution is -0.136. The van der Waals surface area contributed by atoms with Crippen LogP contribution in [0.5, 0.6) is 0 Å². The summed E-state index contributed by atoms with van der Waals surface area (Å²) < 4.78 is 0. The molecule has 8 heteroatoms. The predicted molar refractivity (Wildman–Crippen MR) is 156 cm³/mol. The molecule has 4 aromatic rings. The summed E-state index contributed by atoms with van der Waals surface area (Å²) in [6.07, 6.45) is 7.98. The molecule has 1 heterocycles. The number of fused-ring (bicyclic) bond motifs is 1. The Kier molecular flexibility index (Phi) is 8.44. The first-order chi connectivity index (χ1) is 19.5. The summed E-state index contributed by atoms with van der Waals surface area (Å²) in [4.78, 5) is 39.5. The van der Waals surface area contributed by atoms with E-state index in [9.17, 15) is 14.4 Å². The minimum atomic E-state index is -0.967. The standard InChI is InChI=1S/C32H34N4O4/c37-29(38)17-19-34-31(39)25-12-10-24(11-13-25)30(23-8-6-22(7-9-23)21-4-2-1-3-5-21)36-32(40)35-27-14-15-28-26(20-27)16-18-33-28/h6-16,18,20-21,30,33H,1-5,17,19H2,(H,34,39)(H,37,38)(H2,35,36,40). The minimum absolute atomic E-state index is 0.0577. The van der Waals surface area contributed by atoms with Crippen molar-refractivity contribution in [3.8, 4) is 0 Å². The number of nitrogens with one attached hydrogen (secondary N) is 4. The molecular weight excluding hydrogens is 504 g/mol. The second-order valence-corrected chi connectivity index (χ2v) is 10.3. The Bertz CT molecular complexity index is 1470. The van der Waals surface area contributed by atoms with E-state index in [-0.39, 0.29) is 24.9 Å². The van der Waals surface area contributed by atoms with Crippen LogP contribution in [0.15, 0.2) is 79.0 Å². The molecule has 3 amide bonds. The van der Waals surface area contributed by atoms with E-state index in [4.69, 9.17) is 5.11 Å². The van der Waals surface area contributed by atoms with E-state index in [2.05, 4.69) is 45.2 Å². The Morgan fingerprint density at radius 3 is 2.27 bits per heavy atom. The molecule has 3 aromatic carbocycles. The van der Waals surface area contributed by atoms with Crippen molar-refractivity contribution in [2.24, 2.45) is 0 Å². The number of aromatic nitrogens is 1.